The molecule has 1 aromatic rings. The lowest BCUT2D eigenvalue weighted by Gasteiger charge is -2.16. The first-order valence-corrected chi connectivity index (χ1v) is 6.78. The molecular weight excluding hydrogens is 242 g/mol. The lowest BCUT2D eigenvalue weighted by molar-refractivity contribution is 0.241. The van der Waals surface area contributed by atoms with Crippen molar-refractivity contribution >= 4 is 5.96 Å². The molecule has 2 atom stereocenters. The Morgan fingerprint density at radius 2 is 2.16 bits per heavy atom. The molecule has 0 amide bonds. The number of nitrogens with one attached hydrogen (secondary N) is 2. The summed E-state index contributed by atoms with van der Waals surface area (Å²) in [5.74, 6) is 2.69. The maximum atomic E-state index is 9.02. The third-order valence-corrected chi connectivity index (χ3v) is 2.76. The van der Waals surface area contributed by atoms with Gasteiger partial charge in [-0.2, -0.15) is 0 Å². The van der Waals surface area contributed by atoms with Crippen LogP contribution in [0.2, 0.25) is 0 Å². The van der Waals surface area contributed by atoms with E-state index in [1.165, 1.54) is 0 Å². The molecule has 0 aliphatic carbocycles. The quantitative estimate of drug-likeness (QED) is 0.543. The van der Waals surface area contributed by atoms with Gasteiger partial charge in [-0.05, 0) is 38.8 Å². The Morgan fingerprint density at radius 1 is 1.42 bits per heavy atom. The molecule has 0 bridgehead atoms. The molecule has 19 heavy (non-hydrogen) atoms. The fourth-order valence-corrected chi connectivity index (χ4v) is 1.59. The third kappa shape index (κ3) is 5.34. The van der Waals surface area contributed by atoms with Crippen molar-refractivity contribution in [2.45, 2.75) is 33.7 Å². The number of aliphatic hydroxyl groups is 1. The van der Waals surface area contributed by atoms with E-state index in [2.05, 4.69) is 15.6 Å². The molecule has 5 nitrogen and oxygen atoms in total. The molecule has 0 aliphatic heterocycles. The van der Waals surface area contributed by atoms with Crippen molar-refractivity contribution in [2.24, 2.45) is 10.9 Å². The highest BCUT2D eigenvalue weighted by molar-refractivity contribution is 5.80. The Kier molecular flexibility index (Phi) is 6.42. The number of furan rings is 1. The summed E-state index contributed by atoms with van der Waals surface area (Å²) in [6, 6.07) is 3.97. The van der Waals surface area contributed by atoms with Gasteiger partial charge in [-0.3, -0.25) is 4.99 Å². The van der Waals surface area contributed by atoms with Gasteiger partial charge < -0.3 is 20.2 Å². The van der Waals surface area contributed by atoms with Crippen molar-refractivity contribution in [3.8, 4) is 0 Å². The van der Waals surface area contributed by atoms with Gasteiger partial charge >= 0.3 is 0 Å². The van der Waals surface area contributed by atoms with Crippen molar-refractivity contribution in [3.63, 3.8) is 0 Å². The van der Waals surface area contributed by atoms with E-state index in [-0.39, 0.29) is 18.6 Å². The van der Waals surface area contributed by atoms with Crippen LogP contribution in [0.3, 0.4) is 0 Å². The van der Waals surface area contributed by atoms with Gasteiger partial charge in [0.15, 0.2) is 5.96 Å². The lowest BCUT2D eigenvalue weighted by atomic mass is 10.2. The van der Waals surface area contributed by atoms with E-state index in [1.54, 1.807) is 0 Å². The van der Waals surface area contributed by atoms with E-state index in [4.69, 9.17) is 9.52 Å². The van der Waals surface area contributed by atoms with Crippen LogP contribution < -0.4 is 10.6 Å². The molecule has 0 aliphatic rings. The molecule has 0 spiro atoms. The van der Waals surface area contributed by atoms with Gasteiger partial charge in [-0.25, -0.2) is 0 Å². The van der Waals surface area contributed by atoms with Crippen molar-refractivity contribution < 1.29 is 9.52 Å². The molecule has 0 fully saturated rings. The fourth-order valence-electron chi connectivity index (χ4n) is 1.59. The molecule has 3 N–H and O–H groups in total. The summed E-state index contributed by atoms with van der Waals surface area (Å²) in [7, 11) is 0. The van der Waals surface area contributed by atoms with E-state index >= 15 is 0 Å². The molecule has 0 radical (unpaired) electrons. The largest absolute Gasteiger partial charge is 0.464 e. The summed E-state index contributed by atoms with van der Waals surface area (Å²) in [5.41, 5.74) is 0. The smallest absolute Gasteiger partial charge is 0.191 e. The standard InChI is InChI=1S/C14H25N3O2/c1-5-15-14(16-8-10(2)9-18)17-12(4)13-7-6-11(3)19-13/h6-7,10,12,18H,5,8-9H2,1-4H3,(H2,15,16,17). The average Bonchev–Trinajstić information content (AvgIpc) is 2.82. The summed E-state index contributed by atoms with van der Waals surface area (Å²) in [4.78, 5) is 4.45. The number of aryl methyl sites for hydroxylation is 1. The van der Waals surface area contributed by atoms with Crippen LogP contribution >= 0.6 is 0 Å². The van der Waals surface area contributed by atoms with Crippen LogP contribution in [0.25, 0.3) is 0 Å². The van der Waals surface area contributed by atoms with Gasteiger partial charge in [0.2, 0.25) is 0 Å². The minimum atomic E-state index is 0.0518. The van der Waals surface area contributed by atoms with Crippen LogP contribution in [0.5, 0.6) is 0 Å². The maximum Gasteiger partial charge on any atom is 0.191 e. The number of aliphatic hydroxyl groups excluding tert-OH is 1. The third-order valence-electron chi connectivity index (χ3n) is 2.76. The summed E-state index contributed by atoms with van der Waals surface area (Å²) >= 11 is 0. The van der Waals surface area contributed by atoms with Gasteiger partial charge in [-0.1, -0.05) is 6.92 Å². The number of hydrogen-bond acceptors (Lipinski definition) is 3. The highest BCUT2D eigenvalue weighted by Gasteiger charge is 2.11. The van der Waals surface area contributed by atoms with Crippen molar-refractivity contribution in [1.29, 1.82) is 0 Å². The van der Waals surface area contributed by atoms with Crippen molar-refractivity contribution in [1.82, 2.24) is 10.6 Å². The second-order valence-electron chi connectivity index (χ2n) is 4.82. The zero-order chi connectivity index (χ0) is 14.3. The minimum Gasteiger partial charge on any atom is -0.464 e. The van der Waals surface area contributed by atoms with Crippen LogP contribution in [0.4, 0.5) is 0 Å². The number of hydrogen-bond donors (Lipinski definition) is 3. The monoisotopic (exact) mass is 267 g/mol. The van der Waals surface area contributed by atoms with Crippen LogP contribution in [0.15, 0.2) is 21.5 Å². The summed E-state index contributed by atoms with van der Waals surface area (Å²) in [5, 5.41) is 15.5. The number of aliphatic imine (C=N–C) groups is 1. The Morgan fingerprint density at radius 3 is 2.68 bits per heavy atom. The molecule has 1 rings (SSSR count). The fraction of sp³-hybridized carbons (Fsp3) is 0.643. The van der Waals surface area contributed by atoms with Crippen LogP contribution in [-0.2, 0) is 0 Å². The normalized spacial score (nSPS) is 15.1. The molecule has 0 saturated carbocycles. The second-order valence-corrected chi connectivity index (χ2v) is 4.82. The molecule has 2 unspecified atom stereocenters. The number of nitrogens with zero attached hydrogens (tertiary/aromatic N) is 1. The molecular formula is C14H25N3O2. The van der Waals surface area contributed by atoms with Gasteiger partial charge in [0.05, 0.1) is 6.04 Å². The van der Waals surface area contributed by atoms with Crippen molar-refractivity contribution in [3.05, 3.63) is 23.7 Å². The predicted molar refractivity (Wildman–Crippen MR) is 77.2 cm³/mol. The summed E-state index contributed by atoms with van der Waals surface area (Å²) in [6.45, 7) is 9.48. The highest BCUT2D eigenvalue weighted by Crippen LogP contribution is 2.15. The molecule has 0 saturated heterocycles. The topological polar surface area (TPSA) is 69.8 Å². The minimum absolute atomic E-state index is 0.0518. The number of guanidine groups is 1. The van der Waals surface area contributed by atoms with E-state index in [0.29, 0.717) is 6.54 Å². The van der Waals surface area contributed by atoms with Gasteiger partial charge in [0.1, 0.15) is 11.5 Å². The van der Waals surface area contributed by atoms with Crippen molar-refractivity contribution in [2.75, 3.05) is 19.7 Å². The van der Waals surface area contributed by atoms with Crippen LogP contribution in [0.1, 0.15) is 38.3 Å². The zero-order valence-electron chi connectivity index (χ0n) is 12.2. The highest BCUT2D eigenvalue weighted by atomic mass is 16.3. The van der Waals surface area contributed by atoms with E-state index < -0.39 is 0 Å². The molecule has 108 valence electrons. The maximum absolute atomic E-state index is 9.02. The first-order chi connectivity index (χ1) is 9.06. The first kappa shape index (κ1) is 15.6. The van der Waals surface area contributed by atoms with Gasteiger partial charge in [-0.15, -0.1) is 0 Å². The van der Waals surface area contributed by atoms with Gasteiger partial charge in [0.25, 0.3) is 0 Å². The zero-order valence-corrected chi connectivity index (χ0v) is 12.2. The number of rotatable bonds is 6. The second kappa shape index (κ2) is 7.84. The summed E-state index contributed by atoms with van der Waals surface area (Å²) < 4.78 is 5.59. The Balaban J connectivity index is 2.62. The molecule has 5 heteroatoms. The van der Waals surface area contributed by atoms with E-state index in [9.17, 15) is 0 Å². The Labute approximate surface area is 115 Å². The predicted octanol–water partition coefficient (Wildman–Crippen LogP) is 1.83. The van der Waals surface area contributed by atoms with E-state index in [0.717, 1.165) is 24.0 Å². The Hall–Kier alpha value is -1.49. The van der Waals surface area contributed by atoms with E-state index in [1.807, 2.05) is 39.8 Å². The molecule has 1 aromatic heterocycles. The Bertz CT molecular complexity index is 401. The van der Waals surface area contributed by atoms with Crippen LogP contribution in [-0.4, -0.2) is 30.8 Å². The molecule has 1 heterocycles. The average molecular weight is 267 g/mol. The van der Waals surface area contributed by atoms with Gasteiger partial charge in [0, 0.05) is 19.7 Å². The summed E-state index contributed by atoms with van der Waals surface area (Å²) in [6.07, 6.45) is 0. The lowest BCUT2D eigenvalue weighted by Crippen LogP contribution is -2.39. The first-order valence-electron chi connectivity index (χ1n) is 6.78. The molecule has 0 aromatic carbocycles. The van der Waals surface area contributed by atoms with Crippen LogP contribution in [0, 0.1) is 12.8 Å². The SMILES string of the molecule is CCNC(=NCC(C)CO)NC(C)c1ccc(C)o1.